The second kappa shape index (κ2) is 6.01. The average molecular weight is 291 g/mol. The summed E-state index contributed by atoms with van der Waals surface area (Å²) in [6.07, 6.45) is 3.33. The van der Waals surface area contributed by atoms with Crippen LogP contribution in [0.2, 0.25) is 0 Å². The molecule has 0 saturated carbocycles. The average Bonchev–Trinajstić information content (AvgIpc) is 2.56. The number of para-hydroxylation sites is 1. The van der Waals surface area contributed by atoms with Gasteiger partial charge in [0.25, 0.3) is 5.91 Å². The minimum Gasteiger partial charge on any atom is -0.366 e. The quantitative estimate of drug-likeness (QED) is 0.769. The van der Waals surface area contributed by atoms with Gasteiger partial charge in [-0.05, 0) is 30.3 Å². The number of aromatic nitrogens is 3. The Morgan fingerprint density at radius 3 is 2.50 bits per heavy atom. The van der Waals surface area contributed by atoms with Crippen LogP contribution < -0.4 is 11.1 Å². The summed E-state index contributed by atoms with van der Waals surface area (Å²) in [6.45, 7) is 0. The smallest absolute Gasteiger partial charge is 0.250 e. The molecular weight excluding hydrogens is 278 g/mol. The van der Waals surface area contributed by atoms with Gasteiger partial charge in [-0.25, -0.2) is 9.97 Å². The van der Waals surface area contributed by atoms with E-state index in [4.69, 9.17) is 5.73 Å². The third-order valence-corrected chi connectivity index (χ3v) is 3.02. The molecule has 2 aromatic heterocycles. The van der Waals surface area contributed by atoms with Crippen LogP contribution in [0.15, 0.2) is 60.9 Å². The second-order valence-corrected chi connectivity index (χ2v) is 4.52. The van der Waals surface area contributed by atoms with E-state index in [1.54, 1.807) is 42.7 Å². The molecule has 0 radical (unpaired) electrons. The fourth-order valence-corrected chi connectivity index (χ4v) is 2.00. The summed E-state index contributed by atoms with van der Waals surface area (Å²) in [6, 6.07) is 14.3. The Kier molecular flexibility index (Phi) is 3.74. The first-order chi connectivity index (χ1) is 10.7. The van der Waals surface area contributed by atoms with Crippen LogP contribution in [0.5, 0.6) is 0 Å². The van der Waals surface area contributed by atoms with Crippen LogP contribution in [-0.4, -0.2) is 20.9 Å². The predicted molar refractivity (Wildman–Crippen MR) is 83.5 cm³/mol. The van der Waals surface area contributed by atoms with E-state index < -0.39 is 5.91 Å². The Morgan fingerprint density at radius 2 is 1.73 bits per heavy atom. The lowest BCUT2D eigenvalue weighted by Gasteiger charge is -2.09. The van der Waals surface area contributed by atoms with E-state index in [-0.39, 0.29) is 0 Å². The van der Waals surface area contributed by atoms with Crippen LogP contribution in [0.25, 0.3) is 11.4 Å². The van der Waals surface area contributed by atoms with Crippen LogP contribution in [0.4, 0.5) is 11.6 Å². The van der Waals surface area contributed by atoms with Crippen LogP contribution in [0, 0.1) is 0 Å². The lowest BCUT2D eigenvalue weighted by molar-refractivity contribution is 0.100. The SMILES string of the molecule is NC(=O)c1ccccc1Nc1nccc(-c2ccccn2)n1. The zero-order chi connectivity index (χ0) is 15.4. The summed E-state index contributed by atoms with van der Waals surface area (Å²) in [5, 5.41) is 3.01. The Hall–Kier alpha value is -3.28. The van der Waals surface area contributed by atoms with Crippen molar-refractivity contribution >= 4 is 17.5 Å². The van der Waals surface area contributed by atoms with Crippen molar-refractivity contribution in [2.45, 2.75) is 0 Å². The van der Waals surface area contributed by atoms with Crippen LogP contribution in [0.3, 0.4) is 0 Å². The minimum absolute atomic E-state index is 0.372. The number of rotatable bonds is 4. The molecule has 0 saturated heterocycles. The lowest BCUT2D eigenvalue weighted by Crippen LogP contribution is -2.13. The Bertz CT molecular complexity index is 804. The van der Waals surface area contributed by atoms with Crippen LogP contribution in [0.1, 0.15) is 10.4 Å². The van der Waals surface area contributed by atoms with Gasteiger partial charge in [0.2, 0.25) is 5.95 Å². The summed E-state index contributed by atoms with van der Waals surface area (Å²) in [4.78, 5) is 24.2. The Labute approximate surface area is 127 Å². The summed E-state index contributed by atoms with van der Waals surface area (Å²) in [7, 11) is 0. The number of nitrogens with two attached hydrogens (primary N) is 1. The molecule has 22 heavy (non-hydrogen) atoms. The Morgan fingerprint density at radius 1 is 0.909 bits per heavy atom. The highest BCUT2D eigenvalue weighted by molar-refractivity contribution is 5.98. The highest BCUT2D eigenvalue weighted by atomic mass is 16.1. The van der Waals surface area contributed by atoms with Gasteiger partial charge in [0.15, 0.2) is 0 Å². The normalized spacial score (nSPS) is 10.2. The first-order valence-corrected chi connectivity index (χ1v) is 6.64. The van der Waals surface area contributed by atoms with E-state index in [0.29, 0.717) is 22.9 Å². The number of anilines is 2. The van der Waals surface area contributed by atoms with Crippen molar-refractivity contribution in [3.8, 4) is 11.4 Å². The fraction of sp³-hybridized carbons (Fsp3) is 0. The number of primary amides is 1. The zero-order valence-corrected chi connectivity index (χ0v) is 11.6. The van der Waals surface area contributed by atoms with Crippen molar-refractivity contribution in [3.63, 3.8) is 0 Å². The molecule has 0 aliphatic carbocycles. The monoisotopic (exact) mass is 291 g/mol. The van der Waals surface area contributed by atoms with Gasteiger partial charge in [-0.3, -0.25) is 9.78 Å². The molecular formula is C16H13N5O. The molecule has 0 aliphatic heterocycles. The molecule has 2 heterocycles. The van der Waals surface area contributed by atoms with Crippen molar-refractivity contribution in [3.05, 3.63) is 66.5 Å². The highest BCUT2D eigenvalue weighted by Crippen LogP contribution is 2.20. The molecule has 1 aromatic carbocycles. The molecule has 6 nitrogen and oxygen atoms in total. The molecule has 6 heteroatoms. The van der Waals surface area contributed by atoms with Crippen molar-refractivity contribution in [2.24, 2.45) is 5.73 Å². The molecule has 0 spiro atoms. The number of carbonyl (C=O) groups is 1. The van der Waals surface area contributed by atoms with Gasteiger partial charge < -0.3 is 11.1 Å². The largest absolute Gasteiger partial charge is 0.366 e. The number of carbonyl (C=O) groups excluding carboxylic acids is 1. The summed E-state index contributed by atoms with van der Waals surface area (Å²) < 4.78 is 0. The molecule has 3 N–H and O–H groups in total. The maximum absolute atomic E-state index is 11.4. The number of hydrogen-bond donors (Lipinski definition) is 2. The minimum atomic E-state index is -0.510. The zero-order valence-electron chi connectivity index (χ0n) is 11.6. The van der Waals surface area contributed by atoms with Gasteiger partial charge in [0, 0.05) is 12.4 Å². The van der Waals surface area contributed by atoms with Gasteiger partial charge in [-0.1, -0.05) is 18.2 Å². The molecule has 3 rings (SSSR count). The van der Waals surface area contributed by atoms with Crippen LogP contribution in [-0.2, 0) is 0 Å². The third kappa shape index (κ3) is 2.90. The molecule has 108 valence electrons. The molecule has 0 fully saturated rings. The molecule has 0 bridgehead atoms. The highest BCUT2D eigenvalue weighted by Gasteiger charge is 2.09. The molecule has 0 unspecified atom stereocenters. The Balaban J connectivity index is 1.93. The van der Waals surface area contributed by atoms with Crippen molar-refractivity contribution in [1.29, 1.82) is 0 Å². The first kappa shape index (κ1) is 13.7. The summed E-state index contributed by atoms with van der Waals surface area (Å²) in [5.41, 5.74) is 7.74. The van der Waals surface area contributed by atoms with Crippen molar-refractivity contribution < 1.29 is 4.79 Å². The number of nitrogens with one attached hydrogen (secondary N) is 1. The van der Waals surface area contributed by atoms with E-state index in [0.717, 1.165) is 5.69 Å². The maximum atomic E-state index is 11.4. The fourth-order valence-electron chi connectivity index (χ4n) is 2.00. The van der Waals surface area contributed by atoms with Crippen molar-refractivity contribution in [1.82, 2.24) is 15.0 Å². The van der Waals surface area contributed by atoms with E-state index in [9.17, 15) is 4.79 Å². The van der Waals surface area contributed by atoms with E-state index in [1.807, 2.05) is 18.2 Å². The van der Waals surface area contributed by atoms with E-state index in [2.05, 4.69) is 20.3 Å². The molecule has 3 aromatic rings. The van der Waals surface area contributed by atoms with E-state index in [1.165, 1.54) is 0 Å². The van der Waals surface area contributed by atoms with Gasteiger partial charge in [-0.15, -0.1) is 0 Å². The number of nitrogens with zero attached hydrogens (tertiary/aromatic N) is 3. The van der Waals surface area contributed by atoms with Gasteiger partial charge >= 0.3 is 0 Å². The number of hydrogen-bond acceptors (Lipinski definition) is 5. The van der Waals surface area contributed by atoms with Gasteiger partial charge in [0.05, 0.1) is 22.6 Å². The predicted octanol–water partition coefficient (Wildman–Crippen LogP) is 2.38. The third-order valence-electron chi connectivity index (χ3n) is 3.02. The number of pyridine rings is 1. The summed E-state index contributed by atoms with van der Waals surface area (Å²) in [5.74, 6) is -0.138. The van der Waals surface area contributed by atoms with Crippen LogP contribution >= 0.6 is 0 Å². The topological polar surface area (TPSA) is 93.8 Å². The van der Waals surface area contributed by atoms with Crippen molar-refractivity contribution in [2.75, 3.05) is 5.32 Å². The standard InChI is InChI=1S/C16H13N5O/c17-15(22)11-5-1-2-6-12(11)20-16-19-10-8-14(21-16)13-7-3-4-9-18-13/h1-10H,(H2,17,22)(H,19,20,21). The molecule has 0 aliphatic rings. The lowest BCUT2D eigenvalue weighted by atomic mass is 10.1. The second-order valence-electron chi connectivity index (χ2n) is 4.52. The number of benzene rings is 1. The molecule has 0 atom stereocenters. The van der Waals surface area contributed by atoms with E-state index >= 15 is 0 Å². The summed E-state index contributed by atoms with van der Waals surface area (Å²) >= 11 is 0. The number of amides is 1. The maximum Gasteiger partial charge on any atom is 0.250 e. The van der Waals surface area contributed by atoms with Gasteiger partial charge in [0.1, 0.15) is 0 Å². The first-order valence-electron chi connectivity index (χ1n) is 6.64. The molecule has 1 amide bonds. The van der Waals surface area contributed by atoms with Gasteiger partial charge in [-0.2, -0.15) is 0 Å².